The molecule has 0 radical (unpaired) electrons. The summed E-state index contributed by atoms with van der Waals surface area (Å²) in [6, 6.07) is 19.1. The van der Waals surface area contributed by atoms with Gasteiger partial charge >= 0.3 is 0 Å². The van der Waals surface area contributed by atoms with Gasteiger partial charge in [0.25, 0.3) is 0 Å². The van der Waals surface area contributed by atoms with Crippen LogP contribution >= 0.6 is 15.9 Å². The van der Waals surface area contributed by atoms with Crippen molar-refractivity contribution in [3.63, 3.8) is 0 Å². The molecule has 0 aliphatic carbocycles. The minimum Gasteiger partial charge on any atom is -0.497 e. The van der Waals surface area contributed by atoms with Crippen LogP contribution in [-0.2, 0) is 0 Å². The van der Waals surface area contributed by atoms with Gasteiger partial charge in [-0.3, -0.25) is 4.40 Å². The monoisotopic (exact) mass is 400 g/mol. The highest BCUT2D eigenvalue weighted by molar-refractivity contribution is 9.10. The number of aromatic nitrogens is 2. The van der Waals surface area contributed by atoms with E-state index >= 15 is 0 Å². The summed E-state index contributed by atoms with van der Waals surface area (Å²) in [4.78, 5) is 4.80. The lowest BCUT2D eigenvalue weighted by atomic mass is 9.99. The molecule has 6 rings (SSSR count). The van der Waals surface area contributed by atoms with Gasteiger partial charge in [0.05, 0.1) is 24.3 Å². The summed E-state index contributed by atoms with van der Waals surface area (Å²) in [5.74, 6) is 0.845. The topological polar surface area (TPSA) is 26.5 Å². The lowest BCUT2D eigenvalue weighted by Crippen LogP contribution is -1.96. The summed E-state index contributed by atoms with van der Waals surface area (Å²) in [6.07, 6.45) is 1.98. The Hall–Kier alpha value is -2.85. The number of para-hydroxylation sites is 1. The maximum atomic E-state index is 5.46. The number of fused-ring (bicyclic) bond motifs is 6. The fraction of sp³-hybridized carbons (Fsp3) is 0.0455. The molecule has 26 heavy (non-hydrogen) atoms. The number of ether oxygens (including phenoxy) is 1. The number of nitrogens with zero attached hydrogens (tertiary/aromatic N) is 2. The van der Waals surface area contributed by atoms with Crippen molar-refractivity contribution in [3.8, 4) is 5.75 Å². The second-order valence-corrected chi connectivity index (χ2v) is 7.43. The van der Waals surface area contributed by atoms with Crippen molar-refractivity contribution in [2.75, 3.05) is 7.11 Å². The summed E-state index contributed by atoms with van der Waals surface area (Å²) >= 11 is 3.74. The van der Waals surface area contributed by atoms with E-state index in [1.54, 1.807) is 7.11 Å². The Kier molecular flexibility index (Phi) is 2.68. The zero-order valence-corrected chi connectivity index (χ0v) is 15.5. The van der Waals surface area contributed by atoms with Crippen LogP contribution in [-0.4, -0.2) is 16.5 Å². The first-order valence-corrected chi connectivity index (χ1v) is 9.26. The Morgan fingerprint density at radius 2 is 1.65 bits per heavy atom. The molecule has 0 spiro atoms. The number of methoxy groups -OCH3 is 1. The molecule has 0 unspecified atom stereocenters. The standard InChI is InChI=1S/C22H13BrN2O/c1-26-12-8-9-13-15-5-2-6-16-14-4-3-7-18(23)20(14)19-11-24-22(17(13)10-12)25(19)21(15)16/h2-11H,1H3. The van der Waals surface area contributed by atoms with E-state index in [2.05, 4.69) is 68.9 Å². The molecule has 0 bridgehead atoms. The molecule has 3 aromatic heterocycles. The predicted molar refractivity (Wildman–Crippen MR) is 111 cm³/mol. The van der Waals surface area contributed by atoms with Crippen LogP contribution in [0.2, 0.25) is 0 Å². The van der Waals surface area contributed by atoms with Crippen LogP contribution in [0.25, 0.3) is 49.0 Å². The zero-order chi connectivity index (χ0) is 17.4. The van der Waals surface area contributed by atoms with Gasteiger partial charge in [-0.1, -0.05) is 46.3 Å². The number of rotatable bonds is 1. The van der Waals surface area contributed by atoms with E-state index in [1.807, 2.05) is 12.3 Å². The zero-order valence-electron chi connectivity index (χ0n) is 14.0. The van der Waals surface area contributed by atoms with Gasteiger partial charge in [-0.15, -0.1) is 0 Å². The van der Waals surface area contributed by atoms with Crippen molar-refractivity contribution in [1.82, 2.24) is 9.38 Å². The van der Waals surface area contributed by atoms with Crippen LogP contribution in [0, 0.1) is 0 Å². The summed E-state index contributed by atoms with van der Waals surface area (Å²) in [5.41, 5.74) is 3.31. The van der Waals surface area contributed by atoms with Crippen molar-refractivity contribution >= 4 is 64.9 Å². The molecule has 6 aromatic rings. The Morgan fingerprint density at radius 3 is 2.50 bits per heavy atom. The molecule has 4 heteroatoms. The molecular weight excluding hydrogens is 388 g/mol. The van der Waals surface area contributed by atoms with Crippen molar-refractivity contribution in [2.24, 2.45) is 0 Å². The number of imidazole rings is 1. The lowest BCUT2D eigenvalue weighted by Gasteiger charge is -2.15. The van der Waals surface area contributed by atoms with E-state index in [9.17, 15) is 0 Å². The van der Waals surface area contributed by atoms with E-state index in [4.69, 9.17) is 9.72 Å². The van der Waals surface area contributed by atoms with Crippen molar-refractivity contribution < 1.29 is 4.74 Å². The summed E-state index contributed by atoms with van der Waals surface area (Å²) in [5, 5.41) is 7.22. The van der Waals surface area contributed by atoms with E-state index < -0.39 is 0 Å². The second-order valence-electron chi connectivity index (χ2n) is 6.58. The molecule has 0 atom stereocenters. The Morgan fingerprint density at radius 1 is 0.885 bits per heavy atom. The molecule has 0 N–H and O–H groups in total. The number of pyridine rings is 2. The smallest absolute Gasteiger partial charge is 0.145 e. The SMILES string of the molecule is COc1ccc2c(c1)c1ncc3c4c(Br)cccc4c4cccc2c4n31. The Labute approximate surface area is 157 Å². The van der Waals surface area contributed by atoms with E-state index in [0.717, 1.165) is 26.8 Å². The molecule has 3 heterocycles. The van der Waals surface area contributed by atoms with Crippen LogP contribution in [0.4, 0.5) is 0 Å². The number of benzene rings is 3. The molecule has 0 amide bonds. The van der Waals surface area contributed by atoms with Crippen LogP contribution in [0.15, 0.2) is 65.3 Å². The molecular formula is C22H13BrN2O. The average molecular weight is 401 g/mol. The van der Waals surface area contributed by atoms with Crippen molar-refractivity contribution in [3.05, 3.63) is 65.3 Å². The highest BCUT2D eigenvalue weighted by Crippen LogP contribution is 2.41. The van der Waals surface area contributed by atoms with Crippen LogP contribution < -0.4 is 4.74 Å². The van der Waals surface area contributed by atoms with Crippen LogP contribution in [0.1, 0.15) is 0 Å². The van der Waals surface area contributed by atoms with E-state index in [-0.39, 0.29) is 0 Å². The van der Waals surface area contributed by atoms with Gasteiger partial charge in [0, 0.05) is 26.0 Å². The van der Waals surface area contributed by atoms with Gasteiger partial charge in [-0.25, -0.2) is 4.98 Å². The Balaban J connectivity index is 2.05. The highest BCUT2D eigenvalue weighted by Gasteiger charge is 2.18. The van der Waals surface area contributed by atoms with E-state index in [0.29, 0.717) is 0 Å². The molecule has 124 valence electrons. The highest BCUT2D eigenvalue weighted by atomic mass is 79.9. The minimum atomic E-state index is 0.845. The molecule has 0 saturated carbocycles. The molecule has 3 aromatic carbocycles. The first kappa shape index (κ1) is 14.3. The average Bonchev–Trinajstić information content (AvgIpc) is 3.13. The first-order chi connectivity index (χ1) is 12.8. The molecule has 0 fully saturated rings. The van der Waals surface area contributed by atoms with Crippen LogP contribution in [0.5, 0.6) is 5.75 Å². The third-order valence-corrected chi connectivity index (χ3v) is 6.00. The fourth-order valence-corrected chi connectivity index (χ4v) is 4.81. The number of hydrogen-bond donors (Lipinski definition) is 0. The predicted octanol–water partition coefficient (Wildman–Crippen LogP) is 6.16. The van der Waals surface area contributed by atoms with Gasteiger partial charge in [0.2, 0.25) is 0 Å². The summed E-state index contributed by atoms with van der Waals surface area (Å²) < 4.78 is 8.84. The first-order valence-electron chi connectivity index (χ1n) is 8.47. The fourth-order valence-electron chi connectivity index (χ4n) is 4.24. The molecule has 0 aliphatic rings. The second kappa shape index (κ2) is 4.86. The molecule has 0 aliphatic heterocycles. The maximum absolute atomic E-state index is 5.46. The quantitative estimate of drug-likeness (QED) is 0.244. The molecule has 3 nitrogen and oxygen atoms in total. The molecule has 0 saturated heterocycles. The summed E-state index contributed by atoms with van der Waals surface area (Å²) in [7, 11) is 1.70. The Bertz CT molecular complexity index is 1480. The largest absolute Gasteiger partial charge is 0.497 e. The van der Waals surface area contributed by atoms with Gasteiger partial charge in [0.1, 0.15) is 11.4 Å². The van der Waals surface area contributed by atoms with Crippen molar-refractivity contribution in [1.29, 1.82) is 0 Å². The third kappa shape index (κ3) is 1.60. The van der Waals surface area contributed by atoms with Gasteiger partial charge < -0.3 is 4.74 Å². The van der Waals surface area contributed by atoms with Gasteiger partial charge in [-0.05, 0) is 35.0 Å². The van der Waals surface area contributed by atoms with Gasteiger partial charge in [-0.2, -0.15) is 0 Å². The van der Waals surface area contributed by atoms with Crippen molar-refractivity contribution in [2.45, 2.75) is 0 Å². The number of halogens is 1. The summed E-state index contributed by atoms with van der Waals surface area (Å²) in [6.45, 7) is 0. The lowest BCUT2D eigenvalue weighted by molar-refractivity contribution is 0.415. The van der Waals surface area contributed by atoms with Crippen LogP contribution in [0.3, 0.4) is 0 Å². The third-order valence-electron chi connectivity index (χ3n) is 5.34. The maximum Gasteiger partial charge on any atom is 0.145 e. The number of hydrogen-bond acceptors (Lipinski definition) is 2. The minimum absolute atomic E-state index is 0.845. The van der Waals surface area contributed by atoms with Gasteiger partial charge in [0.15, 0.2) is 0 Å². The van der Waals surface area contributed by atoms with E-state index in [1.165, 1.54) is 32.4 Å². The normalized spacial score (nSPS) is 12.2.